The van der Waals surface area contributed by atoms with Gasteiger partial charge in [0.1, 0.15) is 0 Å². The maximum absolute atomic E-state index is 10.3. The Hall–Kier alpha value is -0.0500. The van der Waals surface area contributed by atoms with Crippen LogP contribution in [-0.2, 0) is 9.53 Å². The van der Waals surface area contributed by atoms with Gasteiger partial charge >= 0.3 is 5.97 Å². The molecule has 0 radical (unpaired) electrons. The largest absolute Gasteiger partial charge is 0.466 e. The summed E-state index contributed by atoms with van der Waals surface area (Å²) in [5, 5.41) is 0.968. The summed E-state index contributed by atoms with van der Waals surface area (Å²) >= 11 is 3.32. The molecule has 0 heterocycles. The molecule has 0 rings (SSSR count). The van der Waals surface area contributed by atoms with Crippen molar-refractivity contribution in [3.63, 3.8) is 0 Å². The number of carbonyl (C=O) groups is 1. The molecule has 3 heteroatoms. The van der Waals surface area contributed by atoms with Crippen LogP contribution in [0.4, 0.5) is 0 Å². The molecule has 0 aliphatic carbocycles. The van der Waals surface area contributed by atoms with Crippen molar-refractivity contribution in [3.8, 4) is 0 Å². The summed E-state index contributed by atoms with van der Waals surface area (Å²) in [6.07, 6.45) is 1.05. The second-order valence-corrected chi connectivity index (χ2v) is 3.18. The van der Waals surface area contributed by atoms with Crippen LogP contribution in [0.5, 0.6) is 0 Å². The SMILES string of the molecule is CC(=O)OCC(C)CCBr. The fourth-order valence-electron chi connectivity index (χ4n) is 0.529. The number of hydrogen-bond donors (Lipinski definition) is 0. The zero-order chi connectivity index (χ0) is 7.98. The highest BCUT2D eigenvalue weighted by Gasteiger charge is 2.01. The van der Waals surface area contributed by atoms with E-state index in [0.29, 0.717) is 12.5 Å². The summed E-state index contributed by atoms with van der Waals surface area (Å²) in [6.45, 7) is 4.03. The molecule has 10 heavy (non-hydrogen) atoms. The Balaban J connectivity index is 3.21. The standard InChI is InChI=1S/C7H13BrO2/c1-6(3-4-8)5-10-7(2)9/h6H,3-5H2,1-2H3. The first-order valence-corrected chi connectivity index (χ1v) is 4.48. The van der Waals surface area contributed by atoms with E-state index in [9.17, 15) is 4.79 Å². The van der Waals surface area contributed by atoms with Gasteiger partial charge in [-0.15, -0.1) is 0 Å². The van der Waals surface area contributed by atoms with Crippen LogP contribution in [0.15, 0.2) is 0 Å². The van der Waals surface area contributed by atoms with Crippen molar-refractivity contribution in [2.45, 2.75) is 20.3 Å². The van der Waals surface area contributed by atoms with Crippen molar-refractivity contribution < 1.29 is 9.53 Å². The highest BCUT2D eigenvalue weighted by Crippen LogP contribution is 2.04. The maximum Gasteiger partial charge on any atom is 0.302 e. The van der Waals surface area contributed by atoms with Gasteiger partial charge in [0.05, 0.1) is 6.61 Å². The van der Waals surface area contributed by atoms with E-state index in [2.05, 4.69) is 22.9 Å². The van der Waals surface area contributed by atoms with E-state index in [4.69, 9.17) is 4.74 Å². The second kappa shape index (κ2) is 5.71. The number of halogens is 1. The molecule has 0 N–H and O–H groups in total. The van der Waals surface area contributed by atoms with E-state index in [1.165, 1.54) is 6.92 Å². The summed E-state index contributed by atoms with van der Waals surface area (Å²) in [5.41, 5.74) is 0. The summed E-state index contributed by atoms with van der Waals surface area (Å²) in [7, 11) is 0. The Morgan fingerprint density at radius 1 is 1.70 bits per heavy atom. The third-order valence-corrected chi connectivity index (χ3v) is 1.63. The fourth-order valence-corrected chi connectivity index (χ4v) is 1.31. The molecule has 0 amide bonds. The minimum atomic E-state index is -0.193. The lowest BCUT2D eigenvalue weighted by Crippen LogP contribution is -2.09. The Morgan fingerprint density at radius 2 is 2.30 bits per heavy atom. The van der Waals surface area contributed by atoms with Crippen LogP contribution in [-0.4, -0.2) is 17.9 Å². The molecule has 0 aliphatic heterocycles. The molecule has 0 aromatic rings. The lowest BCUT2D eigenvalue weighted by molar-refractivity contribution is -0.142. The zero-order valence-electron chi connectivity index (χ0n) is 6.39. The summed E-state index contributed by atoms with van der Waals surface area (Å²) in [5.74, 6) is 0.268. The van der Waals surface area contributed by atoms with Crippen LogP contribution in [0.25, 0.3) is 0 Å². The van der Waals surface area contributed by atoms with Crippen LogP contribution < -0.4 is 0 Å². The van der Waals surface area contributed by atoms with Crippen LogP contribution in [0.3, 0.4) is 0 Å². The van der Waals surface area contributed by atoms with Gasteiger partial charge in [-0.2, -0.15) is 0 Å². The van der Waals surface area contributed by atoms with Crippen molar-refractivity contribution in [2.75, 3.05) is 11.9 Å². The first-order valence-electron chi connectivity index (χ1n) is 3.36. The van der Waals surface area contributed by atoms with Crippen molar-refractivity contribution in [2.24, 2.45) is 5.92 Å². The summed E-state index contributed by atoms with van der Waals surface area (Å²) in [4.78, 5) is 10.3. The van der Waals surface area contributed by atoms with Crippen molar-refractivity contribution in [3.05, 3.63) is 0 Å². The predicted octanol–water partition coefficient (Wildman–Crippen LogP) is 1.97. The lowest BCUT2D eigenvalue weighted by atomic mass is 10.1. The van der Waals surface area contributed by atoms with E-state index >= 15 is 0 Å². The van der Waals surface area contributed by atoms with Gasteiger partial charge in [0.2, 0.25) is 0 Å². The van der Waals surface area contributed by atoms with E-state index in [0.717, 1.165) is 11.8 Å². The Labute approximate surface area is 70.1 Å². The van der Waals surface area contributed by atoms with Crippen molar-refractivity contribution in [1.29, 1.82) is 0 Å². The molecule has 0 fully saturated rings. The first-order chi connectivity index (χ1) is 4.66. The molecule has 1 unspecified atom stereocenters. The molecular formula is C7H13BrO2. The highest BCUT2D eigenvalue weighted by molar-refractivity contribution is 9.09. The van der Waals surface area contributed by atoms with Crippen LogP contribution in [0.1, 0.15) is 20.3 Å². The van der Waals surface area contributed by atoms with Gasteiger partial charge in [-0.3, -0.25) is 4.79 Å². The quantitative estimate of drug-likeness (QED) is 0.522. The summed E-state index contributed by atoms with van der Waals surface area (Å²) < 4.78 is 4.80. The number of ether oxygens (including phenoxy) is 1. The molecule has 0 aromatic heterocycles. The minimum Gasteiger partial charge on any atom is -0.466 e. The van der Waals surface area contributed by atoms with Crippen LogP contribution in [0, 0.1) is 5.92 Å². The number of rotatable bonds is 4. The Bertz CT molecular complexity index is 104. The molecule has 2 nitrogen and oxygen atoms in total. The fraction of sp³-hybridized carbons (Fsp3) is 0.857. The minimum absolute atomic E-state index is 0.193. The Kier molecular flexibility index (Phi) is 5.69. The molecule has 0 aromatic carbocycles. The average molecular weight is 209 g/mol. The van der Waals surface area contributed by atoms with Crippen molar-refractivity contribution in [1.82, 2.24) is 0 Å². The number of esters is 1. The number of alkyl halides is 1. The molecule has 0 spiro atoms. The van der Waals surface area contributed by atoms with Gasteiger partial charge in [-0.05, 0) is 12.3 Å². The summed E-state index contributed by atoms with van der Waals surface area (Å²) in [6, 6.07) is 0. The smallest absolute Gasteiger partial charge is 0.302 e. The first kappa shape index (κ1) is 9.95. The van der Waals surface area contributed by atoms with E-state index in [1.54, 1.807) is 0 Å². The lowest BCUT2D eigenvalue weighted by Gasteiger charge is -2.07. The number of hydrogen-bond acceptors (Lipinski definition) is 2. The van der Waals surface area contributed by atoms with Gasteiger partial charge in [-0.25, -0.2) is 0 Å². The van der Waals surface area contributed by atoms with E-state index in [1.807, 2.05) is 0 Å². The van der Waals surface area contributed by atoms with Gasteiger partial charge in [0.15, 0.2) is 0 Å². The average Bonchev–Trinajstić information content (AvgIpc) is 1.85. The topological polar surface area (TPSA) is 26.3 Å². The number of carbonyl (C=O) groups excluding carboxylic acids is 1. The molecule has 60 valence electrons. The monoisotopic (exact) mass is 208 g/mol. The third-order valence-electron chi connectivity index (χ3n) is 1.17. The van der Waals surface area contributed by atoms with Gasteiger partial charge in [0, 0.05) is 12.3 Å². The van der Waals surface area contributed by atoms with Crippen molar-refractivity contribution >= 4 is 21.9 Å². The zero-order valence-corrected chi connectivity index (χ0v) is 7.98. The molecule has 0 saturated carbocycles. The second-order valence-electron chi connectivity index (χ2n) is 2.39. The van der Waals surface area contributed by atoms with Crippen LogP contribution in [0.2, 0.25) is 0 Å². The van der Waals surface area contributed by atoms with Crippen LogP contribution >= 0.6 is 15.9 Å². The van der Waals surface area contributed by atoms with Gasteiger partial charge in [-0.1, -0.05) is 22.9 Å². The van der Waals surface area contributed by atoms with Gasteiger partial charge in [0.25, 0.3) is 0 Å². The van der Waals surface area contributed by atoms with E-state index < -0.39 is 0 Å². The Morgan fingerprint density at radius 3 is 2.70 bits per heavy atom. The molecular weight excluding hydrogens is 196 g/mol. The molecule has 0 aliphatic rings. The van der Waals surface area contributed by atoms with Gasteiger partial charge < -0.3 is 4.74 Å². The molecule has 1 atom stereocenters. The molecule has 0 bridgehead atoms. The van der Waals surface area contributed by atoms with E-state index in [-0.39, 0.29) is 5.97 Å². The predicted molar refractivity (Wildman–Crippen MR) is 44.2 cm³/mol. The third kappa shape index (κ3) is 6.08. The normalized spacial score (nSPS) is 12.7. The molecule has 0 saturated heterocycles. The maximum atomic E-state index is 10.3. The highest BCUT2D eigenvalue weighted by atomic mass is 79.9.